The Morgan fingerprint density at radius 3 is 1.77 bits per heavy atom. The minimum atomic E-state index is -0.779. The minimum absolute atomic E-state index is 0.182. The van der Waals surface area contributed by atoms with Crippen molar-refractivity contribution >= 4 is 11.9 Å². The normalized spacial score (nSPS) is 48.4. The number of carboxylic acid groups (broad SMARTS) is 1. The lowest BCUT2D eigenvalue weighted by Gasteiger charge is -2.48. The van der Waals surface area contributed by atoms with E-state index < -0.39 is 17.8 Å². The van der Waals surface area contributed by atoms with Gasteiger partial charge in [-0.25, -0.2) is 0 Å². The zero-order chi connectivity index (χ0) is 18.9. The molecule has 4 aliphatic carbocycles. The average molecular weight is 363 g/mol. The van der Waals surface area contributed by atoms with Crippen LogP contribution in [0.4, 0.5) is 0 Å². The molecule has 0 aromatic carbocycles. The standard InChI is InChI=1S/C22H34O4/c1-6-26-22(25)20-14-8-13(19(20)21(23)24)17-11-7-12(18(14)17)16(10(4)5)15(11)9(2)3/h9-20H,6-8H2,1-5H3,(H,23,24). The predicted octanol–water partition coefficient (Wildman–Crippen LogP) is 3.94. The van der Waals surface area contributed by atoms with Crippen molar-refractivity contribution in [3.8, 4) is 0 Å². The molecule has 4 heteroatoms. The highest BCUT2D eigenvalue weighted by molar-refractivity contribution is 5.83. The van der Waals surface area contributed by atoms with Gasteiger partial charge in [0, 0.05) is 0 Å². The van der Waals surface area contributed by atoms with Gasteiger partial charge in [-0.3, -0.25) is 9.59 Å². The summed E-state index contributed by atoms with van der Waals surface area (Å²) in [5.41, 5.74) is 0. The molecule has 0 spiro atoms. The van der Waals surface area contributed by atoms with Crippen LogP contribution in [0.2, 0.25) is 0 Å². The topological polar surface area (TPSA) is 63.6 Å². The number of hydrogen-bond acceptors (Lipinski definition) is 3. The van der Waals surface area contributed by atoms with E-state index >= 15 is 0 Å². The fourth-order valence-electron chi connectivity index (χ4n) is 8.51. The number of fused-ring (bicyclic) bond motifs is 9. The SMILES string of the molecule is CCOC(=O)C1C2CC(C1C(=O)O)C1C3CC(C(C(C)C)C3C(C)C)C21. The molecule has 0 heterocycles. The fraction of sp³-hybridized carbons (Fsp3) is 0.909. The zero-order valence-electron chi connectivity index (χ0n) is 16.7. The monoisotopic (exact) mass is 362 g/mol. The van der Waals surface area contributed by atoms with E-state index in [0.717, 1.165) is 18.3 Å². The average Bonchev–Trinajstić information content (AvgIpc) is 3.28. The van der Waals surface area contributed by atoms with Gasteiger partial charge in [0.2, 0.25) is 0 Å². The van der Waals surface area contributed by atoms with Gasteiger partial charge in [-0.15, -0.1) is 0 Å². The summed E-state index contributed by atoms with van der Waals surface area (Å²) >= 11 is 0. The van der Waals surface area contributed by atoms with Gasteiger partial charge in [-0.1, -0.05) is 27.7 Å². The highest BCUT2D eigenvalue weighted by Crippen LogP contribution is 2.74. The molecule has 4 aliphatic rings. The van der Waals surface area contributed by atoms with Crippen LogP contribution in [-0.4, -0.2) is 23.7 Å². The molecule has 0 aliphatic heterocycles. The molecule has 0 aromatic heterocycles. The fourth-order valence-corrected chi connectivity index (χ4v) is 8.51. The van der Waals surface area contributed by atoms with Crippen molar-refractivity contribution in [3.63, 3.8) is 0 Å². The van der Waals surface area contributed by atoms with Crippen LogP contribution < -0.4 is 0 Å². The van der Waals surface area contributed by atoms with E-state index in [-0.39, 0.29) is 17.8 Å². The summed E-state index contributed by atoms with van der Waals surface area (Å²) in [6.45, 7) is 11.5. The Kier molecular flexibility index (Phi) is 4.39. The van der Waals surface area contributed by atoms with Crippen LogP contribution in [0.1, 0.15) is 47.5 Å². The van der Waals surface area contributed by atoms with Gasteiger partial charge in [-0.05, 0) is 78.9 Å². The van der Waals surface area contributed by atoms with E-state index in [1.54, 1.807) is 0 Å². The van der Waals surface area contributed by atoms with E-state index in [0.29, 0.717) is 42.1 Å². The number of carboxylic acids is 1. The first-order chi connectivity index (χ1) is 12.3. The quantitative estimate of drug-likeness (QED) is 0.594. The maximum atomic E-state index is 12.6. The second kappa shape index (κ2) is 6.24. The minimum Gasteiger partial charge on any atom is -0.481 e. The first-order valence-electron chi connectivity index (χ1n) is 10.7. The smallest absolute Gasteiger partial charge is 0.310 e. The lowest BCUT2D eigenvalue weighted by atomic mass is 9.55. The highest BCUT2D eigenvalue weighted by Gasteiger charge is 2.72. The van der Waals surface area contributed by atoms with Gasteiger partial charge < -0.3 is 9.84 Å². The van der Waals surface area contributed by atoms with Gasteiger partial charge >= 0.3 is 11.9 Å². The number of aliphatic carboxylic acids is 1. The Hall–Kier alpha value is -1.06. The second-order valence-electron chi connectivity index (χ2n) is 10.1. The van der Waals surface area contributed by atoms with Gasteiger partial charge in [-0.2, -0.15) is 0 Å². The molecule has 10 unspecified atom stereocenters. The first-order valence-corrected chi connectivity index (χ1v) is 10.7. The molecule has 10 atom stereocenters. The summed E-state index contributed by atoms with van der Waals surface area (Å²) in [4.78, 5) is 24.7. The largest absolute Gasteiger partial charge is 0.481 e. The van der Waals surface area contributed by atoms with Crippen LogP contribution in [0.25, 0.3) is 0 Å². The molecule has 146 valence electrons. The molecule has 0 amide bonds. The first kappa shape index (κ1) is 18.3. The highest BCUT2D eigenvalue weighted by atomic mass is 16.5. The molecular formula is C22H34O4. The van der Waals surface area contributed by atoms with Gasteiger partial charge in [0.25, 0.3) is 0 Å². The zero-order valence-corrected chi connectivity index (χ0v) is 16.7. The molecule has 4 rings (SSSR count). The van der Waals surface area contributed by atoms with Crippen molar-refractivity contribution in [2.45, 2.75) is 47.5 Å². The van der Waals surface area contributed by atoms with Crippen LogP contribution >= 0.6 is 0 Å². The van der Waals surface area contributed by atoms with Crippen molar-refractivity contribution < 1.29 is 19.4 Å². The summed E-state index contributed by atoms with van der Waals surface area (Å²) in [6, 6.07) is 0. The molecule has 0 aromatic rings. The number of rotatable bonds is 5. The number of carbonyl (C=O) groups excluding carboxylic acids is 1. The summed E-state index contributed by atoms with van der Waals surface area (Å²) in [7, 11) is 0. The Balaban J connectivity index is 1.69. The van der Waals surface area contributed by atoms with Crippen LogP contribution in [-0.2, 0) is 14.3 Å². The summed E-state index contributed by atoms with van der Waals surface area (Å²) in [5.74, 6) is 3.63. The lowest BCUT2D eigenvalue weighted by molar-refractivity contribution is -0.165. The lowest BCUT2D eigenvalue weighted by Crippen LogP contribution is -2.49. The molecule has 4 bridgehead atoms. The molecule has 4 saturated carbocycles. The second-order valence-corrected chi connectivity index (χ2v) is 10.1. The third-order valence-electron chi connectivity index (χ3n) is 8.64. The van der Waals surface area contributed by atoms with Gasteiger partial charge in [0.1, 0.15) is 0 Å². The van der Waals surface area contributed by atoms with Crippen LogP contribution in [0.5, 0.6) is 0 Å². The molecule has 0 saturated heterocycles. The third kappa shape index (κ3) is 2.26. The van der Waals surface area contributed by atoms with Crippen LogP contribution in [0.15, 0.2) is 0 Å². The Bertz CT molecular complexity index is 597. The van der Waals surface area contributed by atoms with Crippen molar-refractivity contribution in [1.82, 2.24) is 0 Å². The molecule has 4 fully saturated rings. The Morgan fingerprint density at radius 1 is 0.885 bits per heavy atom. The van der Waals surface area contributed by atoms with Crippen LogP contribution in [0.3, 0.4) is 0 Å². The summed E-state index contributed by atoms with van der Waals surface area (Å²) in [5, 5.41) is 9.92. The van der Waals surface area contributed by atoms with E-state index in [9.17, 15) is 14.7 Å². The van der Waals surface area contributed by atoms with Crippen molar-refractivity contribution in [2.75, 3.05) is 6.61 Å². The number of carbonyl (C=O) groups is 2. The number of esters is 1. The van der Waals surface area contributed by atoms with E-state index in [1.165, 1.54) is 6.42 Å². The Morgan fingerprint density at radius 2 is 1.35 bits per heavy atom. The van der Waals surface area contributed by atoms with Gasteiger partial charge in [0.15, 0.2) is 0 Å². The summed E-state index contributed by atoms with van der Waals surface area (Å²) < 4.78 is 5.32. The molecule has 0 radical (unpaired) electrons. The molecule has 26 heavy (non-hydrogen) atoms. The summed E-state index contributed by atoms with van der Waals surface area (Å²) in [6.07, 6.45) is 2.19. The van der Waals surface area contributed by atoms with E-state index in [2.05, 4.69) is 27.7 Å². The Labute approximate surface area is 157 Å². The molecule has 1 N–H and O–H groups in total. The number of hydrogen-bond donors (Lipinski definition) is 1. The number of ether oxygens (including phenoxy) is 1. The third-order valence-corrected chi connectivity index (χ3v) is 8.64. The maximum absolute atomic E-state index is 12.6. The molecular weight excluding hydrogens is 328 g/mol. The molecule has 4 nitrogen and oxygen atoms in total. The van der Waals surface area contributed by atoms with Crippen molar-refractivity contribution in [2.24, 2.45) is 71.0 Å². The van der Waals surface area contributed by atoms with E-state index in [1.807, 2.05) is 6.92 Å². The van der Waals surface area contributed by atoms with Crippen molar-refractivity contribution in [3.05, 3.63) is 0 Å². The van der Waals surface area contributed by atoms with Crippen molar-refractivity contribution in [1.29, 1.82) is 0 Å². The predicted molar refractivity (Wildman–Crippen MR) is 98.1 cm³/mol. The van der Waals surface area contributed by atoms with E-state index in [4.69, 9.17) is 4.74 Å². The van der Waals surface area contributed by atoms with Crippen LogP contribution in [0, 0.1) is 71.0 Å². The van der Waals surface area contributed by atoms with Gasteiger partial charge in [0.05, 0.1) is 18.4 Å². The maximum Gasteiger partial charge on any atom is 0.310 e.